The van der Waals surface area contributed by atoms with Crippen LogP contribution in [0.2, 0.25) is 0 Å². The van der Waals surface area contributed by atoms with Crippen molar-refractivity contribution in [2.75, 3.05) is 0 Å². The second-order valence-corrected chi connectivity index (χ2v) is 5.21. The molecule has 0 bridgehead atoms. The van der Waals surface area contributed by atoms with Crippen LogP contribution < -0.4 is 5.32 Å². The van der Waals surface area contributed by atoms with Gasteiger partial charge >= 0.3 is 0 Å². The molecule has 0 aliphatic heterocycles. The molecule has 0 aliphatic carbocycles. The normalized spacial score (nSPS) is 12.8. The van der Waals surface area contributed by atoms with Crippen molar-refractivity contribution < 1.29 is 13.6 Å². The minimum atomic E-state index is -0.153. The van der Waals surface area contributed by atoms with E-state index in [9.17, 15) is 4.79 Å². The molecule has 0 saturated carbocycles. The number of carbonyl (C=O) groups is 1. The van der Waals surface area contributed by atoms with Gasteiger partial charge in [-0.25, -0.2) is 0 Å². The Morgan fingerprint density at radius 2 is 2.14 bits per heavy atom. The molecule has 0 radical (unpaired) electrons. The van der Waals surface area contributed by atoms with Crippen molar-refractivity contribution in [2.45, 2.75) is 19.4 Å². The highest BCUT2D eigenvalue weighted by molar-refractivity contribution is 5.91. The lowest BCUT2D eigenvalue weighted by Gasteiger charge is -2.10. The van der Waals surface area contributed by atoms with Crippen molar-refractivity contribution in [3.63, 3.8) is 0 Å². The highest BCUT2D eigenvalue weighted by atomic mass is 16.3. The first-order chi connectivity index (χ1) is 10.7. The molecule has 112 valence electrons. The molecule has 1 atom stereocenters. The van der Waals surface area contributed by atoms with Crippen molar-refractivity contribution in [1.82, 2.24) is 5.32 Å². The third kappa shape index (κ3) is 3.47. The predicted molar refractivity (Wildman–Crippen MR) is 85.3 cm³/mol. The van der Waals surface area contributed by atoms with Gasteiger partial charge in [-0.1, -0.05) is 18.2 Å². The fourth-order valence-electron chi connectivity index (χ4n) is 2.33. The Morgan fingerprint density at radius 1 is 1.27 bits per heavy atom. The highest BCUT2D eigenvalue weighted by Crippen LogP contribution is 2.19. The van der Waals surface area contributed by atoms with Gasteiger partial charge in [0.15, 0.2) is 0 Å². The number of amides is 1. The summed E-state index contributed by atoms with van der Waals surface area (Å²) in [6, 6.07) is 13.4. The molecule has 22 heavy (non-hydrogen) atoms. The Bertz CT molecular complexity index is 751. The van der Waals surface area contributed by atoms with E-state index in [2.05, 4.69) is 5.32 Å². The molecular formula is C18H17NO3. The van der Waals surface area contributed by atoms with Gasteiger partial charge in [0.05, 0.1) is 6.26 Å². The Labute approximate surface area is 128 Å². The van der Waals surface area contributed by atoms with Crippen molar-refractivity contribution in [2.24, 2.45) is 0 Å². The van der Waals surface area contributed by atoms with Crippen molar-refractivity contribution >= 4 is 23.0 Å². The maximum atomic E-state index is 11.8. The van der Waals surface area contributed by atoms with Gasteiger partial charge in [0.25, 0.3) is 0 Å². The molecule has 2 aromatic heterocycles. The summed E-state index contributed by atoms with van der Waals surface area (Å²) in [5, 5.41) is 3.99. The monoisotopic (exact) mass is 295 g/mol. The zero-order chi connectivity index (χ0) is 15.4. The summed E-state index contributed by atoms with van der Waals surface area (Å²) in [5.41, 5.74) is 0.869. The third-order valence-corrected chi connectivity index (χ3v) is 3.31. The molecule has 0 spiro atoms. The van der Waals surface area contributed by atoms with Crippen LogP contribution in [0.25, 0.3) is 17.0 Å². The summed E-state index contributed by atoms with van der Waals surface area (Å²) in [7, 11) is 0. The topological polar surface area (TPSA) is 55.4 Å². The number of para-hydroxylation sites is 1. The van der Waals surface area contributed by atoms with Crippen LogP contribution in [0.1, 0.15) is 18.4 Å². The van der Waals surface area contributed by atoms with E-state index in [0.29, 0.717) is 12.2 Å². The maximum Gasteiger partial charge on any atom is 0.244 e. The van der Waals surface area contributed by atoms with Gasteiger partial charge in [0.2, 0.25) is 5.91 Å². The quantitative estimate of drug-likeness (QED) is 0.729. The van der Waals surface area contributed by atoms with Gasteiger partial charge in [0, 0.05) is 23.9 Å². The van der Waals surface area contributed by atoms with Crippen LogP contribution in [-0.2, 0) is 11.2 Å². The van der Waals surface area contributed by atoms with E-state index in [1.165, 1.54) is 6.08 Å². The zero-order valence-electron chi connectivity index (χ0n) is 12.3. The van der Waals surface area contributed by atoms with Crippen LogP contribution in [0.5, 0.6) is 0 Å². The lowest BCUT2D eigenvalue weighted by Crippen LogP contribution is -2.32. The Kier molecular flexibility index (Phi) is 4.10. The van der Waals surface area contributed by atoms with Crippen molar-refractivity contribution in [1.29, 1.82) is 0 Å². The van der Waals surface area contributed by atoms with Gasteiger partial charge < -0.3 is 14.2 Å². The smallest absolute Gasteiger partial charge is 0.244 e. The molecule has 0 saturated heterocycles. The molecule has 0 unspecified atom stereocenters. The lowest BCUT2D eigenvalue weighted by molar-refractivity contribution is -0.117. The Balaban J connectivity index is 1.57. The van der Waals surface area contributed by atoms with Crippen LogP contribution in [0.4, 0.5) is 0 Å². The van der Waals surface area contributed by atoms with Crippen LogP contribution in [0.15, 0.2) is 63.6 Å². The standard InChI is InChI=1S/C18H17NO3/c1-13(19-18(20)9-8-15-6-4-10-21-15)11-16-12-14-5-2-3-7-17(14)22-16/h2-10,12-13H,11H2,1H3,(H,19,20)/b9-8+/t13-/m0/s1. The lowest BCUT2D eigenvalue weighted by atomic mass is 10.2. The van der Waals surface area contributed by atoms with Gasteiger partial charge in [-0.15, -0.1) is 0 Å². The molecule has 3 rings (SSSR count). The first-order valence-corrected chi connectivity index (χ1v) is 7.20. The average Bonchev–Trinajstić information content (AvgIpc) is 3.13. The molecule has 3 aromatic rings. The van der Waals surface area contributed by atoms with Gasteiger partial charge in [0.1, 0.15) is 17.1 Å². The van der Waals surface area contributed by atoms with Crippen LogP contribution in [0.3, 0.4) is 0 Å². The largest absolute Gasteiger partial charge is 0.465 e. The molecule has 4 heteroatoms. The van der Waals surface area contributed by atoms with E-state index in [1.807, 2.05) is 37.3 Å². The SMILES string of the molecule is C[C@@H](Cc1cc2ccccc2o1)NC(=O)/C=C/c1ccco1. The first kappa shape index (κ1) is 14.2. The number of nitrogens with one attached hydrogen (secondary N) is 1. The molecule has 4 nitrogen and oxygen atoms in total. The van der Waals surface area contributed by atoms with Gasteiger partial charge in [-0.05, 0) is 37.3 Å². The van der Waals surface area contributed by atoms with Crippen molar-refractivity contribution in [3.8, 4) is 0 Å². The zero-order valence-corrected chi connectivity index (χ0v) is 12.3. The number of fused-ring (bicyclic) bond motifs is 1. The second-order valence-electron chi connectivity index (χ2n) is 5.21. The molecule has 1 aromatic carbocycles. The van der Waals surface area contributed by atoms with Crippen LogP contribution >= 0.6 is 0 Å². The molecule has 2 heterocycles. The summed E-state index contributed by atoms with van der Waals surface area (Å²) < 4.78 is 10.9. The Hall–Kier alpha value is -2.75. The number of hydrogen-bond donors (Lipinski definition) is 1. The fourth-order valence-corrected chi connectivity index (χ4v) is 2.33. The predicted octanol–water partition coefficient (Wildman–Crippen LogP) is 3.79. The molecule has 1 N–H and O–H groups in total. The third-order valence-electron chi connectivity index (χ3n) is 3.31. The van der Waals surface area contributed by atoms with E-state index < -0.39 is 0 Å². The van der Waals surface area contributed by atoms with E-state index >= 15 is 0 Å². The summed E-state index contributed by atoms with van der Waals surface area (Å²) in [6.45, 7) is 1.95. The Morgan fingerprint density at radius 3 is 2.91 bits per heavy atom. The number of hydrogen-bond acceptors (Lipinski definition) is 3. The summed E-state index contributed by atoms with van der Waals surface area (Å²) >= 11 is 0. The molecular weight excluding hydrogens is 278 g/mol. The van der Waals surface area contributed by atoms with E-state index in [0.717, 1.165) is 16.7 Å². The second kappa shape index (κ2) is 6.35. The van der Waals surface area contributed by atoms with E-state index in [4.69, 9.17) is 8.83 Å². The summed E-state index contributed by atoms with van der Waals surface area (Å²) in [5.74, 6) is 1.36. The van der Waals surface area contributed by atoms with Crippen molar-refractivity contribution in [3.05, 3.63) is 66.3 Å². The van der Waals surface area contributed by atoms with Crippen LogP contribution in [-0.4, -0.2) is 11.9 Å². The highest BCUT2D eigenvalue weighted by Gasteiger charge is 2.10. The maximum absolute atomic E-state index is 11.8. The number of rotatable bonds is 5. The molecule has 1 amide bonds. The van der Waals surface area contributed by atoms with Crippen LogP contribution in [0, 0.1) is 0 Å². The van der Waals surface area contributed by atoms with E-state index in [1.54, 1.807) is 24.5 Å². The minimum Gasteiger partial charge on any atom is -0.465 e. The summed E-state index contributed by atoms with van der Waals surface area (Å²) in [6.07, 6.45) is 5.33. The number of benzene rings is 1. The molecule has 0 aliphatic rings. The number of carbonyl (C=O) groups excluding carboxylic acids is 1. The number of furan rings is 2. The first-order valence-electron chi connectivity index (χ1n) is 7.20. The fraction of sp³-hybridized carbons (Fsp3) is 0.167. The minimum absolute atomic E-state index is 0.0192. The molecule has 0 fully saturated rings. The van der Waals surface area contributed by atoms with Gasteiger partial charge in [-0.3, -0.25) is 4.79 Å². The van der Waals surface area contributed by atoms with E-state index in [-0.39, 0.29) is 11.9 Å². The van der Waals surface area contributed by atoms with Gasteiger partial charge in [-0.2, -0.15) is 0 Å². The average molecular weight is 295 g/mol. The summed E-state index contributed by atoms with van der Waals surface area (Å²) in [4.78, 5) is 11.8.